The molecule has 3 aliphatic heterocycles. The number of hydrogen-bond donors (Lipinski definition) is 0. The summed E-state index contributed by atoms with van der Waals surface area (Å²) in [5.41, 5.74) is 0.381. The van der Waals surface area contributed by atoms with Crippen molar-refractivity contribution in [2.24, 2.45) is 17.8 Å². The number of esters is 1. The average molecular weight is 899 g/mol. The van der Waals surface area contributed by atoms with E-state index in [4.69, 9.17) is 14.2 Å². The van der Waals surface area contributed by atoms with Crippen molar-refractivity contribution in [3.05, 3.63) is 44.9 Å². The minimum Gasteiger partial charge on any atom is -0.494 e. The van der Waals surface area contributed by atoms with Gasteiger partial charge in [-0.2, -0.15) is 0 Å². The van der Waals surface area contributed by atoms with Crippen LogP contribution in [0.3, 0.4) is 0 Å². The molecule has 0 saturated carbocycles. The van der Waals surface area contributed by atoms with E-state index in [1.807, 2.05) is 6.92 Å². The summed E-state index contributed by atoms with van der Waals surface area (Å²) in [4.78, 5) is 61.0. The predicted molar refractivity (Wildman–Crippen MR) is 221 cm³/mol. The van der Waals surface area contributed by atoms with Gasteiger partial charge in [0.1, 0.15) is 32.2 Å². The van der Waals surface area contributed by atoms with E-state index < -0.39 is 11.9 Å². The summed E-state index contributed by atoms with van der Waals surface area (Å²) in [7, 11) is 4.26. The molecular weight excluding hydrogens is 836 g/mol. The Kier molecular flexibility index (Phi) is 22.4. The molecule has 3 saturated heterocycles. The van der Waals surface area contributed by atoms with Crippen molar-refractivity contribution in [3.63, 3.8) is 0 Å². The summed E-state index contributed by atoms with van der Waals surface area (Å²) in [6, 6.07) is 7.86. The molecule has 0 bridgehead atoms. The van der Waals surface area contributed by atoms with Crippen LogP contribution in [0.25, 0.3) is 0 Å². The van der Waals surface area contributed by atoms with Gasteiger partial charge in [0.2, 0.25) is 0 Å². The molecule has 12 nitrogen and oxygen atoms in total. The second-order valence-corrected chi connectivity index (χ2v) is 15.9. The topological polar surface area (TPSA) is 137 Å². The highest BCUT2D eigenvalue weighted by atomic mass is 79.9. The molecular formula is C41H62Br2N4O8. The van der Waals surface area contributed by atoms with Crippen LogP contribution < -0.4 is 9.47 Å². The molecule has 0 radical (unpaired) electrons. The van der Waals surface area contributed by atoms with Crippen LogP contribution in [-0.4, -0.2) is 116 Å². The third-order valence-electron chi connectivity index (χ3n) is 10.1. The van der Waals surface area contributed by atoms with Gasteiger partial charge in [-0.1, -0.05) is 6.92 Å². The number of pyridine rings is 2. The Hall–Kier alpha value is -2.78. The molecule has 3 aliphatic rings. The van der Waals surface area contributed by atoms with E-state index >= 15 is 0 Å². The predicted octanol–water partition coefficient (Wildman–Crippen LogP) is 7.88. The van der Waals surface area contributed by atoms with Gasteiger partial charge >= 0.3 is 5.97 Å². The first kappa shape index (κ1) is 48.4. The Morgan fingerprint density at radius 3 is 1.55 bits per heavy atom. The van der Waals surface area contributed by atoms with E-state index in [-0.39, 0.29) is 28.9 Å². The Balaban J connectivity index is 0.000000285. The molecule has 1 unspecified atom stereocenters. The smallest absolute Gasteiger partial charge is 0.360 e. The molecule has 14 heteroatoms. The quantitative estimate of drug-likeness (QED) is 0.0939. The van der Waals surface area contributed by atoms with Crippen LogP contribution in [-0.2, 0) is 19.1 Å². The lowest BCUT2D eigenvalue weighted by atomic mass is 9.83. The van der Waals surface area contributed by atoms with Crippen molar-refractivity contribution in [1.82, 2.24) is 19.8 Å². The van der Waals surface area contributed by atoms with Gasteiger partial charge in [-0.3, -0.25) is 14.4 Å². The molecule has 2 aromatic rings. The average Bonchev–Trinajstić information content (AvgIpc) is 3.81. The van der Waals surface area contributed by atoms with E-state index in [1.54, 1.807) is 31.2 Å². The van der Waals surface area contributed by atoms with Crippen LogP contribution in [0.2, 0.25) is 0 Å². The molecule has 0 amide bonds. The van der Waals surface area contributed by atoms with Gasteiger partial charge in [-0.15, -0.1) is 0 Å². The summed E-state index contributed by atoms with van der Waals surface area (Å²) < 4.78 is 20.7. The molecule has 0 aliphatic carbocycles. The van der Waals surface area contributed by atoms with Gasteiger partial charge < -0.3 is 28.7 Å². The Labute approximate surface area is 345 Å². The van der Waals surface area contributed by atoms with Crippen LogP contribution in [0.1, 0.15) is 107 Å². The number of carbonyl (C=O) groups is 4. The first-order valence-electron chi connectivity index (χ1n) is 19.3. The van der Waals surface area contributed by atoms with Crippen LogP contribution in [0.15, 0.2) is 33.5 Å². The largest absolute Gasteiger partial charge is 0.494 e. The molecule has 3 fully saturated rings. The number of aromatic nitrogens is 2. The lowest BCUT2D eigenvalue weighted by Gasteiger charge is -2.34. The van der Waals surface area contributed by atoms with Crippen molar-refractivity contribution in [2.75, 3.05) is 60.7 Å². The van der Waals surface area contributed by atoms with E-state index in [9.17, 15) is 19.2 Å². The minimum atomic E-state index is -0.698. The monoisotopic (exact) mass is 896 g/mol. The molecule has 5 rings (SSSR count). The SMILES string of the molecule is C1CCOC1.CCC(=O)C1CCN(C(C)C)CC1.COC(=O)c1nc(Br)ccc1OC.COc1ccc(Br)nc1C(=O)C(C)C(=O)C1CCN(C(C)C)CC1. The van der Waals surface area contributed by atoms with Gasteiger partial charge in [-0.05, 0) is 155 Å². The van der Waals surface area contributed by atoms with Gasteiger partial charge in [-0.25, -0.2) is 14.8 Å². The normalized spacial score (nSPS) is 17.1. The first-order valence-corrected chi connectivity index (χ1v) is 20.9. The maximum Gasteiger partial charge on any atom is 0.360 e. The van der Waals surface area contributed by atoms with Crippen LogP contribution in [0.5, 0.6) is 11.5 Å². The summed E-state index contributed by atoms with van der Waals surface area (Å²) >= 11 is 6.42. The zero-order valence-corrected chi connectivity index (χ0v) is 37.4. The van der Waals surface area contributed by atoms with Crippen LogP contribution >= 0.6 is 31.9 Å². The highest BCUT2D eigenvalue weighted by Gasteiger charge is 2.34. The second-order valence-electron chi connectivity index (χ2n) is 14.3. The zero-order chi connectivity index (χ0) is 41.1. The minimum absolute atomic E-state index is 0.0206. The van der Waals surface area contributed by atoms with Gasteiger partial charge in [0.15, 0.2) is 17.2 Å². The molecule has 308 valence electrons. The van der Waals surface area contributed by atoms with Crippen molar-refractivity contribution < 1.29 is 38.1 Å². The fourth-order valence-electron chi connectivity index (χ4n) is 6.52. The number of methoxy groups -OCH3 is 3. The van der Waals surface area contributed by atoms with Gasteiger partial charge in [0.25, 0.3) is 0 Å². The van der Waals surface area contributed by atoms with Crippen LogP contribution in [0.4, 0.5) is 0 Å². The Morgan fingerprint density at radius 1 is 0.727 bits per heavy atom. The Morgan fingerprint density at radius 2 is 1.16 bits per heavy atom. The van der Waals surface area contributed by atoms with Gasteiger partial charge in [0.05, 0.1) is 27.2 Å². The number of ketones is 3. The molecule has 0 aromatic carbocycles. The number of hydrogen-bond acceptors (Lipinski definition) is 12. The summed E-state index contributed by atoms with van der Waals surface area (Å²) in [6.45, 7) is 18.5. The number of nitrogens with zero attached hydrogens (tertiary/aromatic N) is 4. The molecule has 55 heavy (non-hydrogen) atoms. The number of rotatable bonds is 11. The maximum atomic E-state index is 12.8. The number of halogens is 2. The standard InChI is InChI=1S/C18H25BrN2O3.C11H21NO.C8H8BrNO3.C4H8O/c1-11(2)21-9-7-13(8-10-21)17(22)12(3)18(23)16-14(24-4)5-6-15(19)20-16;1-4-11(13)10-5-7-12(8-6-10)9(2)3;1-12-5-3-4-6(9)10-7(5)8(11)13-2;1-2-4-5-3-1/h5-6,11-13H,7-10H2,1-4H3;9-10H,4-8H2,1-3H3;3-4H,1-2H3;1-4H2. The van der Waals surface area contributed by atoms with Crippen molar-refractivity contribution >= 4 is 55.2 Å². The molecule has 2 aromatic heterocycles. The third-order valence-corrected chi connectivity index (χ3v) is 11.0. The Bertz CT molecular complexity index is 1500. The number of likely N-dealkylation sites (tertiary alicyclic amines) is 2. The maximum absolute atomic E-state index is 12.8. The van der Waals surface area contributed by atoms with E-state index in [1.165, 1.54) is 34.2 Å². The van der Waals surface area contributed by atoms with Crippen molar-refractivity contribution in [1.29, 1.82) is 0 Å². The first-order chi connectivity index (χ1) is 26.2. The van der Waals surface area contributed by atoms with Crippen molar-refractivity contribution in [2.45, 2.75) is 98.6 Å². The van der Waals surface area contributed by atoms with E-state index in [0.717, 1.165) is 65.1 Å². The summed E-state index contributed by atoms with van der Waals surface area (Å²) in [5.74, 6) is 0.110. The highest BCUT2D eigenvalue weighted by molar-refractivity contribution is 9.10. The lowest BCUT2D eigenvalue weighted by Crippen LogP contribution is -2.42. The highest BCUT2D eigenvalue weighted by Crippen LogP contribution is 2.27. The van der Waals surface area contributed by atoms with Crippen LogP contribution in [0, 0.1) is 17.8 Å². The molecule has 5 heterocycles. The summed E-state index contributed by atoms with van der Waals surface area (Å²) in [6.07, 6.45) is 7.05. The number of ether oxygens (including phenoxy) is 4. The number of carbonyl (C=O) groups excluding carboxylic acids is 4. The molecule has 0 N–H and O–H groups in total. The fourth-order valence-corrected chi connectivity index (χ4v) is 7.14. The van der Waals surface area contributed by atoms with Crippen molar-refractivity contribution in [3.8, 4) is 11.5 Å². The van der Waals surface area contributed by atoms with Gasteiger partial charge in [0, 0.05) is 43.6 Å². The summed E-state index contributed by atoms with van der Waals surface area (Å²) in [5, 5.41) is 0. The fraction of sp³-hybridized carbons (Fsp3) is 0.659. The third kappa shape index (κ3) is 15.9. The molecule has 0 spiro atoms. The number of Topliss-reactive ketones (excluding diaryl/α,β-unsaturated/α-hetero) is 3. The second kappa shape index (κ2) is 25.5. The zero-order valence-electron chi connectivity index (χ0n) is 34.2. The lowest BCUT2D eigenvalue weighted by molar-refractivity contribution is -0.126. The number of piperidine rings is 2. The molecule has 1 atom stereocenters. The van der Waals surface area contributed by atoms with E-state index in [2.05, 4.69) is 84.1 Å². The van der Waals surface area contributed by atoms with E-state index in [0.29, 0.717) is 50.9 Å².